The zero-order valence-corrected chi connectivity index (χ0v) is 22.6. The third kappa shape index (κ3) is 3.97. The van der Waals surface area contributed by atoms with E-state index in [0.29, 0.717) is 31.4 Å². The van der Waals surface area contributed by atoms with Crippen molar-refractivity contribution >= 4 is 40.7 Å². The molecular weight excluding hydrogens is 544 g/mol. The van der Waals surface area contributed by atoms with Crippen LogP contribution in [0.15, 0.2) is 105 Å². The van der Waals surface area contributed by atoms with E-state index in [1.165, 1.54) is 23.0 Å². The number of hydrogen-bond acceptors (Lipinski definition) is 5. The fraction of sp³-hybridized carbons (Fsp3) is 0.0938. The van der Waals surface area contributed by atoms with E-state index in [0.717, 1.165) is 35.2 Å². The number of aromatic carboxylic acids is 1. The van der Waals surface area contributed by atoms with Crippen molar-refractivity contribution in [3.8, 4) is 11.3 Å². The van der Waals surface area contributed by atoms with E-state index in [4.69, 9.17) is 21.0 Å². The summed E-state index contributed by atoms with van der Waals surface area (Å²) in [5.74, 6) is -0.172. The average molecular weight is 565 g/mol. The van der Waals surface area contributed by atoms with Crippen molar-refractivity contribution in [3.63, 3.8) is 0 Å². The van der Waals surface area contributed by atoms with Gasteiger partial charge >= 0.3 is 5.97 Å². The summed E-state index contributed by atoms with van der Waals surface area (Å²) in [5.41, 5.74) is 5.63. The van der Waals surface area contributed by atoms with Gasteiger partial charge in [-0.3, -0.25) is 9.36 Å². The van der Waals surface area contributed by atoms with E-state index >= 15 is 0 Å². The molecule has 2 aromatic heterocycles. The fourth-order valence-electron chi connectivity index (χ4n) is 5.58. The highest BCUT2D eigenvalue weighted by atomic mass is 35.5. The van der Waals surface area contributed by atoms with Gasteiger partial charge < -0.3 is 9.52 Å². The first-order valence-electron chi connectivity index (χ1n) is 12.8. The van der Waals surface area contributed by atoms with Crippen molar-refractivity contribution < 1.29 is 14.3 Å². The smallest absolute Gasteiger partial charge is 0.336 e. The van der Waals surface area contributed by atoms with Crippen LogP contribution in [0.25, 0.3) is 23.1 Å². The van der Waals surface area contributed by atoms with Crippen LogP contribution in [-0.4, -0.2) is 15.6 Å². The van der Waals surface area contributed by atoms with Crippen molar-refractivity contribution in [2.45, 2.75) is 18.9 Å². The summed E-state index contributed by atoms with van der Waals surface area (Å²) >= 11 is 8.01. The molecule has 0 fully saturated rings. The number of hydrogen-bond donors (Lipinski definition) is 1. The molecule has 0 spiro atoms. The molecule has 1 N–H and O–H groups in total. The molecule has 8 heteroatoms. The Labute approximate surface area is 237 Å². The molecule has 0 radical (unpaired) electrons. The van der Waals surface area contributed by atoms with Crippen LogP contribution in [-0.2, 0) is 6.42 Å². The fourth-order valence-corrected chi connectivity index (χ4v) is 6.80. The van der Waals surface area contributed by atoms with Crippen LogP contribution in [0.2, 0.25) is 5.02 Å². The Morgan fingerprint density at radius 2 is 1.73 bits per heavy atom. The number of thiazole rings is 1. The summed E-state index contributed by atoms with van der Waals surface area (Å²) in [7, 11) is 0. The minimum Gasteiger partial charge on any atom is -0.478 e. The van der Waals surface area contributed by atoms with E-state index in [-0.39, 0.29) is 17.2 Å². The van der Waals surface area contributed by atoms with Gasteiger partial charge in [-0.2, -0.15) is 0 Å². The summed E-state index contributed by atoms with van der Waals surface area (Å²) in [6.07, 6.45) is 3.33. The molecule has 7 rings (SSSR count). The Bertz CT molecular complexity index is 2050. The monoisotopic (exact) mass is 564 g/mol. The lowest BCUT2D eigenvalue weighted by molar-refractivity contribution is 0.0697. The number of fused-ring (bicyclic) bond motifs is 3. The number of carboxylic acids is 1. The summed E-state index contributed by atoms with van der Waals surface area (Å²) in [4.78, 5) is 31.3. The van der Waals surface area contributed by atoms with Crippen LogP contribution in [0.1, 0.15) is 45.3 Å². The number of aromatic nitrogens is 1. The molecule has 196 valence electrons. The second-order valence-electron chi connectivity index (χ2n) is 9.69. The average Bonchev–Trinajstić information content (AvgIpc) is 3.56. The standard InChI is InChI=1S/C32H21ClN2O4S/c33-25-12-6-5-11-23(25)29-24-15-13-18-7-1-2-8-20(18)28(24)34-32-35(29)30(36)27(40-32)17-19-14-16-26(39-19)21-9-3-4-10-22(21)31(37)38/h1-12,14,16-17,29H,13,15H2,(H,37,38)/b27-17-/t29-/m0/s1. The molecule has 0 bridgehead atoms. The van der Waals surface area contributed by atoms with Gasteiger partial charge in [0.15, 0.2) is 4.80 Å². The lowest BCUT2D eigenvalue weighted by Crippen LogP contribution is -2.38. The molecular formula is C32H21ClN2O4S. The summed E-state index contributed by atoms with van der Waals surface area (Å²) in [6, 6.07) is 25.7. The molecule has 0 saturated heterocycles. The number of allylic oxidation sites excluding steroid dienone is 1. The van der Waals surface area contributed by atoms with Crippen molar-refractivity contribution in [1.29, 1.82) is 0 Å². The summed E-state index contributed by atoms with van der Waals surface area (Å²) < 4.78 is 8.21. The first-order chi connectivity index (χ1) is 19.5. The van der Waals surface area contributed by atoms with Gasteiger partial charge in [-0.1, -0.05) is 83.6 Å². The van der Waals surface area contributed by atoms with Gasteiger partial charge in [0.05, 0.1) is 21.8 Å². The third-order valence-electron chi connectivity index (χ3n) is 7.40. The van der Waals surface area contributed by atoms with Crippen LogP contribution in [0, 0.1) is 0 Å². The number of carboxylic acid groups (broad SMARTS) is 1. The van der Waals surface area contributed by atoms with E-state index in [9.17, 15) is 14.7 Å². The van der Waals surface area contributed by atoms with Gasteiger partial charge in [0.25, 0.3) is 5.56 Å². The number of aryl methyl sites for hydroxylation is 1. The molecule has 1 atom stereocenters. The largest absolute Gasteiger partial charge is 0.478 e. The molecule has 0 unspecified atom stereocenters. The van der Waals surface area contributed by atoms with Crippen LogP contribution >= 0.6 is 22.9 Å². The lowest BCUT2D eigenvalue weighted by Gasteiger charge is -2.31. The van der Waals surface area contributed by atoms with Crippen LogP contribution in [0.5, 0.6) is 0 Å². The minimum absolute atomic E-state index is 0.147. The Morgan fingerprint density at radius 1 is 0.975 bits per heavy atom. The number of furan rings is 1. The Hall–Kier alpha value is -4.46. The molecule has 1 aliphatic carbocycles. The van der Waals surface area contributed by atoms with E-state index in [1.807, 2.05) is 36.4 Å². The Balaban J connectivity index is 1.41. The van der Waals surface area contributed by atoms with Crippen molar-refractivity contribution in [2.24, 2.45) is 4.99 Å². The lowest BCUT2D eigenvalue weighted by atomic mass is 9.83. The molecule has 0 saturated carbocycles. The van der Waals surface area contributed by atoms with Gasteiger partial charge in [0.2, 0.25) is 0 Å². The first kappa shape index (κ1) is 24.6. The van der Waals surface area contributed by atoms with Crippen molar-refractivity contribution in [1.82, 2.24) is 4.57 Å². The number of rotatable bonds is 4. The quantitative estimate of drug-likeness (QED) is 0.293. The molecule has 0 amide bonds. The van der Waals surface area contributed by atoms with E-state index < -0.39 is 5.97 Å². The maximum Gasteiger partial charge on any atom is 0.336 e. The SMILES string of the molecule is O=C(O)c1ccccc1-c1ccc(/C=c2\sc3n(c2=O)[C@@H](c2ccccc2Cl)C2=C(N=3)c3ccccc3CC2)o1. The van der Waals surface area contributed by atoms with Gasteiger partial charge in [-0.25, -0.2) is 9.79 Å². The normalized spacial score (nSPS) is 16.2. The third-order valence-corrected chi connectivity index (χ3v) is 8.72. The van der Waals surface area contributed by atoms with Gasteiger partial charge in [0.1, 0.15) is 11.5 Å². The van der Waals surface area contributed by atoms with Gasteiger partial charge in [0, 0.05) is 22.2 Å². The van der Waals surface area contributed by atoms with Gasteiger partial charge in [-0.05, 0) is 53.8 Å². The number of benzene rings is 3. The van der Waals surface area contributed by atoms with Crippen LogP contribution in [0.4, 0.5) is 0 Å². The molecule has 40 heavy (non-hydrogen) atoms. The number of halogens is 1. The highest BCUT2D eigenvalue weighted by Gasteiger charge is 2.33. The van der Waals surface area contributed by atoms with E-state index in [2.05, 4.69) is 12.1 Å². The second kappa shape index (κ2) is 9.62. The molecule has 3 aromatic carbocycles. The predicted octanol–water partition coefficient (Wildman–Crippen LogP) is 5.93. The van der Waals surface area contributed by atoms with Crippen molar-refractivity contribution in [2.75, 3.05) is 0 Å². The molecule has 2 aliphatic rings. The maximum atomic E-state index is 14.0. The van der Waals surface area contributed by atoms with Gasteiger partial charge in [-0.15, -0.1) is 0 Å². The van der Waals surface area contributed by atoms with Crippen LogP contribution in [0.3, 0.4) is 0 Å². The van der Waals surface area contributed by atoms with Crippen molar-refractivity contribution in [3.05, 3.63) is 143 Å². The zero-order chi connectivity index (χ0) is 27.4. The molecule has 1 aliphatic heterocycles. The number of nitrogens with zero attached hydrogens (tertiary/aromatic N) is 2. The Kier molecular flexibility index (Phi) is 5.91. The molecule has 5 aromatic rings. The number of carbonyl (C=O) groups is 1. The highest BCUT2D eigenvalue weighted by molar-refractivity contribution is 7.07. The maximum absolute atomic E-state index is 14.0. The second-order valence-corrected chi connectivity index (χ2v) is 11.1. The predicted molar refractivity (Wildman–Crippen MR) is 155 cm³/mol. The molecule has 3 heterocycles. The summed E-state index contributed by atoms with van der Waals surface area (Å²) in [6.45, 7) is 0. The summed E-state index contributed by atoms with van der Waals surface area (Å²) in [5, 5.41) is 10.2. The minimum atomic E-state index is -1.04. The van der Waals surface area contributed by atoms with E-state index in [1.54, 1.807) is 41.0 Å². The highest BCUT2D eigenvalue weighted by Crippen LogP contribution is 2.42. The topological polar surface area (TPSA) is 84.8 Å². The molecule has 6 nitrogen and oxygen atoms in total. The first-order valence-corrected chi connectivity index (χ1v) is 14.0. The Morgan fingerprint density at radius 3 is 2.55 bits per heavy atom. The van der Waals surface area contributed by atoms with Crippen LogP contribution < -0.4 is 14.9 Å². The zero-order valence-electron chi connectivity index (χ0n) is 21.0.